The Hall–Kier alpha value is -1.25. The molecule has 0 aliphatic carbocycles. The SMILES string of the molecule is CCCCCCCC/C=C\CCCCCCCC(=O)OCC(COP(=O)(O)OCCN)OC(=O)CCCCCCCCCCCCCCCCCCC. The molecule has 0 saturated carbocycles. The number of ether oxygens (including phenoxy) is 2. The van der Waals surface area contributed by atoms with Crippen molar-refractivity contribution in [1.82, 2.24) is 0 Å². The molecule has 0 fully saturated rings. The highest BCUT2D eigenvalue weighted by Crippen LogP contribution is 2.43. The van der Waals surface area contributed by atoms with Gasteiger partial charge in [0.15, 0.2) is 6.10 Å². The van der Waals surface area contributed by atoms with Crippen LogP contribution < -0.4 is 5.73 Å². The number of esters is 2. The predicted molar refractivity (Wildman–Crippen MR) is 220 cm³/mol. The van der Waals surface area contributed by atoms with E-state index in [9.17, 15) is 19.0 Å². The summed E-state index contributed by atoms with van der Waals surface area (Å²) in [7, 11) is -4.37. The average molecular weight is 774 g/mol. The standard InChI is InChI=1S/C43H84NO8P/c1-3-5-7-9-11-13-15-17-19-20-22-24-26-28-30-32-34-36-43(46)52-41(40-51-53(47,48)50-38-37-44)39-49-42(45)35-33-31-29-27-25-23-21-18-16-14-12-10-8-6-4-2/h18,21,41H,3-17,19-20,22-40,44H2,1-2H3,(H,47,48)/b21-18-. The molecule has 53 heavy (non-hydrogen) atoms. The maximum Gasteiger partial charge on any atom is 0.472 e. The van der Waals surface area contributed by atoms with Crippen LogP contribution in [0.1, 0.15) is 219 Å². The molecule has 0 heterocycles. The van der Waals surface area contributed by atoms with Gasteiger partial charge in [0.05, 0.1) is 13.2 Å². The molecule has 0 spiro atoms. The number of phosphoric acid groups is 1. The van der Waals surface area contributed by atoms with Gasteiger partial charge in [0.1, 0.15) is 6.61 Å². The summed E-state index contributed by atoms with van der Waals surface area (Å²) in [5, 5.41) is 0. The lowest BCUT2D eigenvalue weighted by Crippen LogP contribution is -2.29. The number of hydrogen-bond acceptors (Lipinski definition) is 8. The topological polar surface area (TPSA) is 134 Å². The molecule has 0 aromatic carbocycles. The van der Waals surface area contributed by atoms with Crippen LogP contribution in [0.2, 0.25) is 0 Å². The van der Waals surface area contributed by atoms with Crippen molar-refractivity contribution < 1.29 is 37.6 Å². The van der Waals surface area contributed by atoms with E-state index >= 15 is 0 Å². The van der Waals surface area contributed by atoms with E-state index in [2.05, 4.69) is 26.0 Å². The Morgan fingerprint density at radius 3 is 1.34 bits per heavy atom. The fourth-order valence-electron chi connectivity index (χ4n) is 6.34. The van der Waals surface area contributed by atoms with Crippen LogP contribution in [-0.4, -0.2) is 49.3 Å². The monoisotopic (exact) mass is 774 g/mol. The van der Waals surface area contributed by atoms with Crippen LogP contribution in [-0.2, 0) is 32.7 Å². The second-order valence-corrected chi connectivity index (χ2v) is 16.4. The Morgan fingerprint density at radius 1 is 0.547 bits per heavy atom. The Balaban J connectivity index is 4.12. The lowest BCUT2D eigenvalue weighted by atomic mass is 10.0. The maximum atomic E-state index is 12.6. The zero-order valence-corrected chi connectivity index (χ0v) is 35.4. The van der Waals surface area contributed by atoms with Crippen molar-refractivity contribution in [3.63, 3.8) is 0 Å². The quantitative estimate of drug-likeness (QED) is 0.0269. The number of carbonyl (C=O) groups is 2. The van der Waals surface area contributed by atoms with E-state index in [1.807, 2.05) is 0 Å². The van der Waals surface area contributed by atoms with Gasteiger partial charge in [-0.2, -0.15) is 0 Å². The smallest absolute Gasteiger partial charge is 0.462 e. The zero-order valence-electron chi connectivity index (χ0n) is 34.5. The second kappa shape index (κ2) is 40.4. The van der Waals surface area contributed by atoms with Crippen LogP contribution in [0.3, 0.4) is 0 Å². The first-order chi connectivity index (χ1) is 25.8. The predicted octanol–water partition coefficient (Wildman–Crippen LogP) is 12.6. The number of nitrogens with two attached hydrogens (primary N) is 1. The molecule has 0 amide bonds. The molecule has 0 aromatic heterocycles. The summed E-state index contributed by atoms with van der Waals surface area (Å²) >= 11 is 0. The van der Waals surface area contributed by atoms with E-state index in [-0.39, 0.29) is 38.6 Å². The molecule has 0 saturated heterocycles. The van der Waals surface area contributed by atoms with E-state index in [4.69, 9.17) is 24.3 Å². The third-order valence-corrected chi connectivity index (χ3v) is 10.6. The lowest BCUT2D eigenvalue weighted by molar-refractivity contribution is -0.161. The van der Waals surface area contributed by atoms with E-state index in [1.165, 1.54) is 135 Å². The van der Waals surface area contributed by atoms with Crippen LogP contribution in [0.25, 0.3) is 0 Å². The normalized spacial score (nSPS) is 13.4. The van der Waals surface area contributed by atoms with Gasteiger partial charge in [0.25, 0.3) is 0 Å². The average Bonchev–Trinajstić information content (AvgIpc) is 3.14. The van der Waals surface area contributed by atoms with Gasteiger partial charge in [0, 0.05) is 19.4 Å². The van der Waals surface area contributed by atoms with Crippen LogP contribution >= 0.6 is 7.82 Å². The van der Waals surface area contributed by atoms with Gasteiger partial charge in [-0.3, -0.25) is 18.6 Å². The van der Waals surface area contributed by atoms with Crippen molar-refractivity contribution in [2.24, 2.45) is 5.73 Å². The van der Waals surface area contributed by atoms with E-state index < -0.39 is 26.5 Å². The molecule has 0 aromatic rings. The summed E-state index contributed by atoms with van der Waals surface area (Å²) in [6.45, 7) is 3.75. The van der Waals surface area contributed by atoms with Crippen LogP contribution in [0.15, 0.2) is 12.2 Å². The molecule has 0 rings (SSSR count). The van der Waals surface area contributed by atoms with Gasteiger partial charge in [0.2, 0.25) is 0 Å². The van der Waals surface area contributed by atoms with Crippen molar-refractivity contribution in [3.05, 3.63) is 12.2 Å². The Labute approximate surface area is 326 Å². The second-order valence-electron chi connectivity index (χ2n) is 14.9. The molecule has 0 radical (unpaired) electrons. The molecule has 3 N–H and O–H groups in total. The summed E-state index contributed by atoms with van der Waals surface area (Å²) in [5.74, 6) is -0.827. The highest BCUT2D eigenvalue weighted by atomic mass is 31.2. The van der Waals surface area contributed by atoms with Crippen LogP contribution in [0.5, 0.6) is 0 Å². The number of unbranched alkanes of at least 4 members (excludes halogenated alkanes) is 27. The zero-order chi connectivity index (χ0) is 38.9. The molecule has 9 nitrogen and oxygen atoms in total. The number of rotatable bonds is 42. The first-order valence-electron chi connectivity index (χ1n) is 22.2. The van der Waals surface area contributed by atoms with Crippen LogP contribution in [0.4, 0.5) is 0 Å². The van der Waals surface area contributed by atoms with Crippen molar-refractivity contribution in [2.75, 3.05) is 26.4 Å². The van der Waals surface area contributed by atoms with Gasteiger partial charge in [-0.15, -0.1) is 0 Å². The Bertz CT molecular complexity index is 886. The van der Waals surface area contributed by atoms with Crippen molar-refractivity contribution in [1.29, 1.82) is 0 Å². The number of phosphoric ester groups is 1. The maximum absolute atomic E-state index is 12.6. The third kappa shape index (κ3) is 40.2. The number of carbonyl (C=O) groups excluding carboxylic acids is 2. The van der Waals surface area contributed by atoms with E-state index in [0.29, 0.717) is 6.42 Å². The van der Waals surface area contributed by atoms with Crippen LogP contribution in [0, 0.1) is 0 Å². The van der Waals surface area contributed by atoms with Gasteiger partial charge in [-0.1, -0.05) is 180 Å². The summed E-state index contributed by atoms with van der Waals surface area (Å²) in [6.07, 6.45) is 40.9. The molecule has 2 atom stereocenters. The Kier molecular flexibility index (Phi) is 39.5. The molecule has 10 heteroatoms. The molecule has 314 valence electrons. The van der Waals surface area contributed by atoms with Gasteiger partial charge in [-0.25, -0.2) is 4.57 Å². The molecule has 0 aliphatic heterocycles. The third-order valence-electron chi connectivity index (χ3n) is 9.65. The van der Waals surface area contributed by atoms with Gasteiger partial charge < -0.3 is 20.1 Å². The highest BCUT2D eigenvalue weighted by molar-refractivity contribution is 7.47. The summed E-state index contributed by atoms with van der Waals surface area (Å²) in [4.78, 5) is 34.9. The Morgan fingerprint density at radius 2 is 0.925 bits per heavy atom. The minimum atomic E-state index is -4.37. The summed E-state index contributed by atoms with van der Waals surface area (Å²) in [6, 6.07) is 0. The lowest BCUT2D eigenvalue weighted by Gasteiger charge is -2.19. The fraction of sp³-hybridized carbons (Fsp3) is 0.907. The van der Waals surface area contributed by atoms with Gasteiger partial charge >= 0.3 is 19.8 Å². The van der Waals surface area contributed by atoms with Crippen molar-refractivity contribution >= 4 is 19.8 Å². The largest absolute Gasteiger partial charge is 0.472 e. The molecule has 0 bridgehead atoms. The molecule has 0 aliphatic rings. The first kappa shape index (κ1) is 51.8. The molecular formula is C43H84NO8P. The first-order valence-corrected chi connectivity index (χ1v) is 23.7. The minimum Gasteiger partial charge on any atom is -0.462 e. The van der Waals surface area contributed by atoms with Crippen molar-refractivity contribution in [2.45, 2.75) is 225 Å². The fourth-order valence-corrected chi connectivity index (χ4v) is 7.10. The molecular weight excluding hydrogens is 689 g/mol. The van der Waals surface area contributed by atoms with E-state index in [1.54, 1.807) is 0 Å². The minimum absolute atomic E-state index is 0.0552. The van der Waals surface area contributed by atoms with Gasteiger partial charge in [-0.05, 0) is 38.5 Å². The highest BCUT2D eigenvalue weighted by Gasteiger charge is 2.26. The molecule has 2 unspecified atom stereocenters. The van der Waals surface area contributed by atoms with Crippen molar-refractivity contribution in [3.8, 4) is 0 Å². The summed E-state index contributed by atoms with van der Waals surface area (Å²) in [5.41, 5.74) is 5.35. The summed E-state index contributed by atoms with van der Waals surface area (Å²) < 4.78 is 32.8. The van der Waals surface area contributed by atoms with E-state index in [0.717, 1.165) is 51.4 Å². The number of allylic oxidation sites excluding steroid dienone is 2. The number of hydrogen-bond donors (Lipinski definition) is 2.